The molecule has 12 rings (SSSR count). The first kappa shape index (κ1) is 29.9. The Morgan fingerprint density at radius 3 is 2.21 bits per heavy atom. The summed E-state index contributed by atoms with van der Waals surface area (Å²) in [4.78, 5) is 2.66. The molecular weight excluding hydrogens is 661 g/mol. The van der Waals surface area contributed by atoms with E-state index in [2.05, 4.69) is 189 Å². The van der Waals surface area contributed by atoms with Crippen molar-refractivity contribution in [1.82, 2.24) is 4.57 Å². The predicted molar refractivity (Wildman–Crippen MR) is 225 cm³/mol. The second-order valence-electron chi connectivity index (χ2n) is 16.2. The van der Waals surface area contributed by atoms with Crippen LogP contribution in [0.2, 0.25) is 0 Å². The third-order valence-electron chi connectivity index (χ3n) is 13.4. The lowest BCUT2D eigenvalue weighted by Gasteiger charge is -2.59. The van der Waals surface area contributed by atoms with Crippen LogP contribution in [0.5, 0.6) is 0 Å². The van der Waals surface area contributed by atoms with Crippen LogP contribution in [0, 0.1) is 5.92 Å². The fourth-order valence-corrected chi connectivity index (χ4v) is 12.4. The average Bonchev–Trinajstić information content (AvgIpc) is 3.81. The van der Waals surface area contributed by atoms with E-state index >= 15 is 0 Å². The van der Waals surface area contributed by atoms with Crippen molar-refractivity contribution in [2.75, 3.05) is 4.90 Å². The van der Waals surface area contributed by atoms with E-state index in [1.807, 2.05) is 11.3 Å². The lowest BCUT2D eigenvalue weighted by Crippen LogP contribution is -2.57. The van der Waals surface area contributed by atoms with Gasteiger partial charge in [0.2, 0.25) is 0 Å². The van der Waals surface area contributed by atoms with Gasteiger partial charge in [0.05, 0.1) is 16.6 Å². The first-order valence-corrected chi connectivity index (χ1v) is 19.8. The van der Waals surface area contributed by atoms with E-state index in [4.69, 9.17) is 0 Å². The zero-order valence-electron chi connectivity index (χ0n) is 30.3. The van der Waals surface area contributed by atoms with E-state index in [0.29, 0.717) is 5.92 Å². The van der Waals surface area contributed by atoms with Gasteiger partial charge in [-0.2, -0.15) is 0 Å². The molecule has 53 heavy (non-hydrogen) atoms. The Kier molecular flexibility index (Phi) is 5.56. The topological polar surface area (TPSA) is 8.17 Å². The molecule has 2 aliphatic carbocycles. The molecule has 4 heterocycles. The Balaban J connectivity index is 1.13. The van der Waals surface area contributed by atoms with Gasteiger partial charge in [-0.1, -0.05) is 110 Å². The second-order valence-corrected chi connectivity index (χ2v) is 17.3. The van der Waals surface area contributed by atoms with Gasteiger partial charge in [0.25, 0.3) is 0 Å². The molecule has 4 atom stereocenters. The van der Waals surface area contributed by atoms with E-state index in [-0.39, 0.29) is 16.4 Å². The monoisotopic (exact) mass is 698 g/mol. The Hall–Kier alpha value is -5.64. The number of benzene rings is 6. The molecule has 2 nitrogen and oxygen atoms in total. The van der Waals surface area contributed by atoms with Crippen molar-refractivity contribution in [2.24, 2.45) is 5.92 Å². The maximum Gasteiger partial charge on any atom is 0.0906 e. The number of allylic oxidation sites excluding steroid dienone is 4. The van der Waals surface area contributed by atoms with E-state index in [9.17, 15) is 0 Å². The number of nitrogens with zero attached hydrogens (tertiary/aromatic N) is 2. The molecule has 0 amide bonds. The van der Waals surface area contributed by atoms with Crippen molar-refractivity contribution < 1.29 is 0 Å². The molecule has 0 radical (unpaired) electrons. The van der Waals surface area contributed by atoms with Crippen LogP contribution in [-0.2, 0) is 10.8 Å². The maximum atomic E-state index is 2.66. The summed E-state index contributed by atoms with van der Waals surface area (Å²) in [6.45, 7) is 9.89. The van der Waals surface area contributed by atoms with Crippen LogP contribution >= 0.6 is 11.3 Å². The van der Waals surface area contributed by atoms with Gasteiger partial charge in [0.1, 0.15) is 0 Å². The molecule has 0 saturated carbocycles. The van der Waals surface area contributed by atoms with Crippen molar-refractivity contribution in [1.29, 1.82) is 0 Å². The molecule has 0 saturated heterocycles. The third-order valence-corrected chi connectivity index (χ3v) is 14.6. The summed E-state index contributed by atoms with van der Waals surface area (Å²) in [7, 11) is 0. The fourth-order valence-electron chi connectivity index (χ4n) is 11.2. The summed E-state index contributed by atoms with van der Waals surface area (Å²) in [5.74, 6) is 0.290. The van der Waals surface area contributed by atoms with Gasteiger partial charge in [0, 0.05) is 64.4 Å². The largest absolute Gasteiger partial charge is 0.327 e. The molecule has 2 aromatic heterocycles. The highest BCUT2D eigenvalue weighted by atomic mass is 32.1. The summed E-state index contributed by atoms with van der Waals surface area (Å²) in [5, 5.41) is 5.26. The Morgan fingerprint density at radius 1 is 0.604 bits per heavy atom. The number of para-hydroxylation sites is 3. The van der Waals surface area contributed by atoms with Gasteiger partial charge in [-0.25, -0.2) is 0 Å². The van der Waals surface area contributed by atoms with Gasteiger partial charge in [-0.05, 0) is 103 Å². The quantitative estimate of drug-likeness (QED) is 0.163. The number of rotatable bonds is 2. The van der Waals surface area contributed by atoms with E-state index in [0.717, 1.165) is 0 Å². The molecule has 3 heteroatoms. The standard InChI is InChI=1S/C50H38N2S/c1-30-25-26-48(2)38-16-8-11-19-43(38)52-42-18-10-6-15-36(42)39-29-49(3,46(30)47(48)50(39,52)4)31-21-24-41-37(27-31)33-13-5-9-17-40(33)51(41)32-22-23-35-34-14-7-12-20-44(34)53-45(35)28-32/h5-30H,1-4H3. The second kappa shape index (κ2) is 9.86. The van der Waals surface area contributed by atoms with Crippen LogP contribution in [0.15, 0.2) is 163 Å². The van der Waals surface area contributed by atoms with Crippen molar-refractivity contribution in [2.45, 2.75) is 44.1 Å². The van der Waals surface area contributed by atoms with Gasteiger partial charge >= 0.3 is 0 Å². The van der Waals surface area contributed by atoms with E-state index in [1.165, 1.54) is 81.3 Å². The van der Waals surface area contributed by atoms with Crippen molar-refractivity contribution in [3.05, 3.63) is 180 Å². The highest BCUT2D eigenvalue weighted by Crippen LogP contribution is 2.69. The normalized spacial score (nSPS) is 25.3. The highest BCUT2D eigenvalue weighted by Gasteiger charge is 2.62. The summed E-state index contributed by atoms with van der Waals surface area (Å²) < 4.78 is 5.14. The average molecular weight is 699 g/mol. The molecule has 2 aliphatic heterocycles. The van der Waals surface area contributed by atoms with Crippen molar-refractivity contribution in [3.8, 4) is 5.69 Å². The van der Waals surface area contributed by atoms with Crippen LogP contribution in [0.1, 0.15) is 44.4 Å². The fraction of sp³-hybridized carbons (Fsp3) is 0.160. The smallest absolute Gasteiger partial charge is 0.0906 e. The third kappa shape index (κ3) is 3.50. The zero-order chi connectivity index (χ0) is 35.4. The molecule has 254 valence electrons. The molecule has 0 spiro atoms. The molecule has 6 aromatic carbocycles. The molecule has 8 aromatic rings. The highest BCUT2D eigenvalue weighted by molar-refractivity contribution is 7.25. The first-order chi connectivity index (χ1) is 25.8. The maximum absolute atomic E-state index is 2.66. The zero-order valence-corrected chi connectivity index (χ0v) is 31.1. The minimum Gasteiger partial charge on any atom is -0.327 e. The van der Waals surface area contributed by atoms with Crippen molar-refractivity contribution >= 4 is 70.3 Å². The van der Waals surface area contributed by atoms with E-state index < -0.39 is 0 Å². The van der Waals surface area contributed by atoms with Crippen LogP contribution < -0.4 is 4.90 Å². The summed E-state index contributed by atoms with van der Waals surface area (Å²) >= 11 is 1.88. The van der Waals surface area contributed by atoms with Crippen LogP contribution in [0.4, 0.5) is 11.4 Å². The lowest BCUT2D eigenvalue weighted by atomic mass is 9.51. The Labute approximate surface area is 313 Å². The summed E-state index contributed by atoms with van der Waals surface area (Å²) in [6.07, 6.45) is 7.67. The van der Waals surface area contributed by atoms with Gasteiger partial charge in [-0.3, -0.25) is 0 Å². The summed E-state index contributed by atoms with van der Waals surface area (Å²) in [6, 6.07) is 50.3. The molecule has 0 fully saturated rings. The minimum absolute atomic E-state index is 0.224. The number of hydrogen-bond acceptors (Lipinski definition) is 2. The van der Waals surface area contributed by atoms with Crippen LogP contribution in [0.25, 0.3) is 53.2 Å². The van der Waals surface area contributed by atoms with Gasteiger partial charge in [0.15, 0.2) is 0 Å². The number of aromatic nitrogens is 1. The molecule has 0 N–H and O–H groups in total. The van der Waals surface area contributed by atoms with Crippen LogP contribution in [0.3, 0.4) is 0 Å². The lowest BCUT2D eigenvalue weighted by molar-refractivity contribution is 0.457. The predicted octanol–water partition coefficient (Wildman–Crippen LogP) is 13.2. The molecule has 4 unspecified atom stereocenters. The van der Waals surface area contributed by atoms with Crippen LogP contribution in [-0.4, -0.2) is 10.1 Å². The summed E-state index contributed by atoms with van der Waals surface area (Å²) in [5.41, 5.74) is 14.1. The Morgan fingerprint density at radius 2 is 1.32 bits per heavy atom. The van der Waals surface area contributed by atoms with Gasteiger partial charge in [-0.15, -0.1) is 11.3 Å². The Bertz CT molecular complexity index is 3040. The van der Waals surface area contributed by atoms with Gasteiger partial charge < -0.3 is 9.47 Å². The minimum atomic E-state index is -0.321. The molecule has 4 aliphatic rings. The number of fused-ring (bicyclic) bond motifs is 12. The first-order valence-electron chi connectivity index (χ1n) is 18.9. The number of hydrogen-bond donors (Lipinski definition) is 0. The van der Waals surface area contributed by atoms with Crippen molar-refractivity contribution in [3.63, 3.8) is 0 Å². The number of thiophene rings is 1. The SMILES string of the molecule is CC1C=CC2(C)C3=C1C(C)(c1ccc4c(c1)c1ccccc1n4-c1ccc4c(c1)sc1ccccc14)C=C1c4ccccc4N(c4ccccc42)C13C. The molecule has 0 bridgehead atoms. The number of anilines is 2. The molecular formula is C50H38N2S. The van der Waals surface area contributed by atoms with E-state index in [1.54, 1.807) is 11.1 Å².